The molecule has 112 valence electrons. The number of carbonyl (C=O) groups is 2. The third-order valence-electron chi connectivity index (χ3n) is 3.19. The van der Waals surface area contributed by atoms with E-state index in [0.29, 0.717) is 11.3 Å². The fraction of sp³-hybridized carbons (Fsp3) is 0.111. The number of aryl methyl sites for hydroxylation is 1. The van der Waals surface area contributed by atoms with Gasteiger partial charge in [0.25, 0.3) is 0 Å². The Labute approximate surface area is 129 Å². The molecule has 0 saturated heterocycles. The predicted molar refractivity (Wildman–Crippen MR) is 86.6 cm³/mol. The van der Waals surface area contributed by atoms with Crippen molar-refractivity contribution in [2.45, 2.75) is 6.92 Å². The molecule has 0 radical (unpaired) electrons. The molecular weight excluding hydrogens is 278 g/mol. The monoisotopic (exact) mass is 295 g/mol. The van der Waals surface area contributed by atoms with Gasteiger partial charge in [0.15, 0.2) is 0 Å². The molecule has 0 atom stereocenters. The molecule has 0 aliphatic carbocycles. The molecule has 4 nitrogen and oxygen atoms in total. The molecule has 2 aromatic carbocycles. The third-order valence-corrected chi connectivity index (χ3v) is 3.19. The lowest BCUT2D eigenvalue weighted by Gasteiger charge is -2.07. The predicted octanol–water partition coefficient (Wildman–Crippen LogP) is 3.43. The molecule has 0 heterocycles. The lowest BCUT2D eigenvalue weighted by molar-refractivity contribution is -0.111. The molecule has 1 N–H and O–H groups in total. The van der Waals surface area contributed by atoms with Crippen molar-refractivity contribution in [1.82, 2.24) is 0 Å². The summed E-state index contributed by atoms with van der Waals surface area (Å²) in [5.74, 6) is -0.793. The van der Waals surface area contributed by atoms with E-state index in [2.05, 4.69) is 5.32 Å². The van der Waals surface area contributed by atoms with Crippen molar-refractivity contribution in [3.8, 4) is 0 Å². The first-order valence-electron chi connectivity index (χ1n) is 6.84. The normalized spacial score (nSPS) is 10.5. The number of amides is 1. The molecule has 0 aliphatic rings. The topological polar surface area (TPSA) is 55.4 Å². The summed E-state index contributed by atoms with van der Waals surface area (Å²) in [6, 6.07) is 14.5. The molecule has 2 aromatic rings. The maximum absolute atomic E-state index is 12.0. The van der Waals surface area contributed by atoms with Crippen LogP contribution in [0.3, 0.4) is 0 Å². The standard InChI is InChI=1S/C18H17NO3/c1-13-7-3-4-8-14(13)11-12-17(20)19-16-10-6-5-9-15(16)18(21)22-2/h3-12H,1-2H3,(H,19,20)/b12-11+. The summed E-state index contributed by atoms with van der Waals surface area (Å²) >= 11 is 0. The van der Waals surface area contributed by atoms with E-state index in [1.54, 1.807) is 30.3 Å². The van der Waals surface area contributed by atoms with Gasteiger partial charge in [0, 0.05) is 6.08 Å². The van der Waals surface area contributed by atoms with E-state index in [-0.39, 0.29) is 5.91 Å². The van der Waals surface area contributed by atoms with Gasteiger partial charge in [0.2, 0.25) is 5.91 Å². The zero-order valence-electron chi connectivity index (χ0n) is 12.5. The van der Waals surface area contributed by atoms with Crippen LogP contribution < -0.4 is 5.32 Å². The van der Waals surface area contributed by atoms with Crippen LogP contribution in [-0.4, -0.2) is 19.0 Å². The quantitative estimate of drug-likeness (QED) is 0.694. The Morgan fingerprint density at radius 1 is 1.05 bits per heavy atom. The van der Waals surface area contributed by atoms with E-state index in [0.717, 1.165) is 11.1 Å². The molecule has 0 aliphatic heterocycles. The first kappa shape index (κ1) is 15.5. The minimum atomic E-state index is -0.487. The summed E-state index contributed by atoms with van der Waals surface area (Å²) in [4.78, 5) is 23.7. The van der Waals surface area contributed by atoms with Crippen LogP contribution in [0.2, 0.25) is 0 Å². The Morgan fingerprint density at radius 2 is 1.73 bits per heavy atom. The van der Waals surface area contributed by atoms with Crippen LogP contribution >= 0.6 is 0 Å². The molecular formula is C18H17NO3. The second-order valence-corrected chi connectivity index (χ2v) is 4.72. The fourth-order valence-electron chi connectivity index (χ4n) is 1.99. The van der Waals surface area contributed by atoms with Crippen LogP contribution in [0.5, 0.6) is 0 Å². The lowest BCUT2D eigenvalue weighted by Crippen LogP contribution is -2.12. The van der Waals surface area contributed by atoms with E-state index < -0.39 is 5.97 Å². The van der Waals surface area contributed by atoms with Crippen molar-refractivity contribution in [3.63, 3.8) is 0 Å². The number of ether oxygens (including phenoxy) is 1. The van der Waals surface area contributed by atoms with E-state index in [4.69, 9.17) is 4.74 Å². The fourth-order valence-corrected chi connectivity index (χ4v) is 1.99. The molecule has 0 aromatic heterocycles. The zero-order valence-corrected chi connectivity index (χ0v) is 12.5. The van der Waals surface area contributed by atoms with E-state index in [9.17, 15) is 9.59 Å². The molecule has 22 heavy (non-hydrogen) atoms. The Balaban J connectivity index is 2.13. The van der Waals surface area contributed by atoms with Gasteiger partial charge in [0.05, 0.1) is 18.4 Å². The number of anilines is 1. The largest absolute Gasteiger partial charge is 0.465 e. The van der Waals surface area contributed by atoms with Gasteiger partial charge in [-0.1, -0.05) is 36.4 Å². The minimum absolute atomic E-state index is 0.306. The highest BCUT2D eigenvalue weighted by Gasteiger charge is 2.11. The summed E-state index contributed by atoms with van der Waals surface area (Å²) in [5, 5.41) is 2.69. The van der Waals surface area contributed by atoms with Gasteiger partial charge in [-0.2, -0.15) is 0 Å². The molecule has 0 saturated carbocycles. The Morgan fingerprint density at radius 3 is 2.45 bits per heavy atom. The number of methoxy groups -OCH3 is 1. The van der Waals surface area contributed by atoms with Gasteiger partial charge in [-0.25, -0.2) is 4.79 Å². The van der Waals surface area contributed by atoms with Gasteiger partial charge in [-0.05, 0) is 36.3 Å². The number of benzene rings is 2. The molecule has 2 rings (SSSR count). The Hall–Kier alpha value is -2.88. The molecule has 0 bridgehead atoms. The number of hydrogen-bond donors (Lipinski definition) is 1. The molecule has 4 heteroatoms. The highest BCUT2D eigenvalue weighted by molar-refractivity contribution is 6.06. The van der Waals surface area contributed by atoms with Crippen LogP contribution in [-0.2, 0) is 9.53 Å². The number of esters is 1. The van der Waals surface area contributed by atoms with E-state index >= 15 is 0 Å². The number of para-hydroxylation sites is 1. The first-order valence-corrected chi connectivity index (χ1v) is 6.84. The maximum Gasteiger partial charge on any atom is 0.339 e. The zero-order chi connectivity index (χ0) is 15.9. The van der Waals surface area contributed by atoms with Crippen LogP contribution in [0.4, 0.5) is 5.69 Å². The third kappa shape index (κ3) is 3.82. The second kappa shape index (κ2) is 7.22. The average molecular weight is 295 g/mol. The van der Waals surface area contributed by atoms with Crippen molar-refractivity contribution in [1.29, 1.82) is 0 Å². The maximum atomic E-state index is 12.0. The number of nitrogens with one attached hydrogen (secondary N) is 1. The number of carbonyl (C=O) groups excluding carboxylic acids is 2. The highest BCUT2D eigenvalue weighted by Crippen LogP contribution is 2.16. The summed E-state index contributed by atoms with van der Waals surface area (Å²) in [6.07, 6.45) is 3.18. The van der Waals surface area contributed by atoms with Crippen molar-refractivity contribution in [2.75, 3.05) is 12.4 Å². The van der Waals surface area contributed by atoms with Gasteiger partial charge >= 0.3 is 5.97 Å². The Bertz CT molecular complexity index is 720. The average Bonchev–Trinajstić information content (AvgIpc) is 2.54. The van der Waals surface area contributed by atoms with Gasteiger partial charge in [0.1, 0.15) is 0 Å². The molecule has 0 unspecified atom stereocenters. The number of hydrogen-bond acceptors (Lipinski definition) is 3. The van der Waals surface area contributed by atoms with Gasteiger partial charge in [-0.3, -0.25) is 4.79 Å². The van der Waals surface area contributed by atoms with E-state index in [1.807, 2.05) is 31.2 Å². The Kier molecular flexibility index (Phi) is 5.09. The van der Waals surface area contributed by atoms with Crippen molar-refractivity contribution in [2.24, 2.45) is 0 Å². The first-order chi connectivity index (χ1) is 10.6. The summed E-state index contributed by atoms with van der Waals surface area (Å²) in [5.41, 5.74) is 2.80. The summed E-state index contributed by atoms with van der Waals surface area (Å²) in [6.45, 7) is 1.98. The second-order valence-electron chi connectivity index (χ2n) is 4.72. The summed E-state index contributed by atoms with van der Waals surface area (Å²) < 4.78 is 4.70. The van der Waals surface area contributed by atoms with Crippen LogP contribution in [0.25, 0.3) is 6.08 Å². The van der Waals surface area contributed by atoms with Crippen molar-refractivity contribution >= 4 is 23.6 Å². The van der Waals surface area contributed by atoms with Crippen molar-refractivity contribution < 1.29 is 14.3 Å². The van der Waals surface area contributed by atoms with Gasteiger partial charge in [-0.15, -0.1) is 0 Å². The number of rotatable bonds is 4. The molecule has 1 amide bonds. The van der Waals surface area contributed by atoms with Crippen LogP contribution in [0, 0.1) is 6.92 Å². The molecule has 0 fully saturated rings. The smallest absolute Gasteiger partial charge is 0.339 e. The summed E-state index contributed by atoms with van der Waals surface area (Å²) in [7, 11) is 1.30. The van der Waals surface area contributed by atoms with Gasteiger partial charge < -0.3 is 10.1 Å². The highest BCUT2D eigenvalue weighted by atomic mass is 16.5. The van der Waals surface area contributed by atoms with Crippen LogP contribution in [0.15, 0.2) is 54.6 Å². The van der Waals surface area contributed by atoms with Crippen molar-refractivity contribution in [3.05, 3.63) is 71.3 Å². The SMILES string of the molecule is COC(=O)c1ccccc1NC(=O)/C=C/c1ccccc1C. The lowest BCUT2D eigenvalue weighted by atomic mass is 10.1. The minimum Gasteiger partial charge on any atom is -0.465 e. The molecule has 0 spiro atoms. The van der Waals surface area contributed by atoms with Crippen LogP contribution in [0.1, 0.15) is 21.5 Å². The van der Waals surface area contributed by atoms with E-state index in [1.165, 1.54) is 13.2 Å².